The molecular weight excluding hydrogens is 508 g/mol. The first-order valence-electron chi connectivity index (χ1n) is 11.1. The maximum atomic E-state index is 14.3. The number of halogens is 1. The molecule has 1 unspecified atom stereocenters. The highest BCUT2D eigenvalue weighted by Gasteiger charge is 2.64. The molecule has 0 saturated carbocycles. The van der Waals surface area contributed by atoms with Crippen LogP contribution in [0.4, 0.5) is 5.69 Å². The Balaban J connectivity index is 1.72. The van der Waals surface area contributed by atoms with E-state index in [-0.39, 0.29) is 30.3 Å². The Kier molecular flexibility index (Phi) is 4.79. The zero-order chi connectivity index (χ0) is 24.3. The van der Waals surface area contributed by atoms with Crippen molar-refractivity contribution in [1.82, 2.24) is 4.90 Å². The van der Waals surface area contributed by atoms with Gasteiger partial charge < -0.3 is 14.2 Å². The van der Waals surface area contributed by atoms with Gasteiger partial charge in [0, 0.05) is 23.1 Å². The first-order valence-corrected chi connectivity index (χ1v) is 11.9. The first kappa shape index (κ1) is 21.6. The van der Waals surface area contributed by atoms with Gasteiger partial charge in [0.05, 0.1) is 16.6 Å². The topological polar surface area (TPSA) is 70.8 Å². The van der Waals surface area contributed by atoms with Crippen molar-refractivity contribution < 1.29 is 14.0 Å². The number of para-hydroxylation sites is 1. The van der Waals surface area contributed by atoms with Crippen molar-refractivity contribution in [1.29, 1.82) is 0 Å². The molecule has 0 aliphatic carbocycles. The van der Waals surface area contributed by atoms with E-state index in [9.17, 15) is 14.4 Å². The number of nitrogens with zero attached hydrogens (tertiary/aromatic N) is 2. The van der Waals surface area contributed by atoms with Crippen LogP contribution in [0.1, 0.15) is 27.2 Å². The summed E-state index contributed by atoms with van der Waals surface area (Å²) >= 11 is 3.41. The summed E-state index contributed by atoms with van der Waals surface area (Å²) in [7, 11) is 0. The van der Waals surface area contributed by atoms with Gasteiger partial charge in [0.2, 0.25) is 5.76 Å². The molecule has 2 amide bonds. The number of hydrogen-bond donors (Lipinski definition) is 0. The van der Waals surface area contributed by atoms with Crippen molar-refractivity contribution in [3.05, 3.63) is 123 Å². The smallest absolute Gasteiger partial charge is 0.291 e. The predicted octanol–water partition coefficient (Wildman–Crippen LogP) is 4.99. The molecule has 1 atom stereocenters. The van der Waals surface area contributed by atoms with Crippen molar-refractivity contribution in [3.63, 3.8) is 0 Å². The lowest BCUT2D eigenvalue weighted by molar-refractivity contribution is -0.126. The molecule has 0 fully saturated rings. The van der Waals surface area contributed by atoms with Gasteiger partial charge in [-0.05, 0) is 29.8 Å². The van der Waals surface area contributed by atoms with Crippen LogP contribution in [-0.4, -0.2) is 23.3 Å². The summed E-state index contributed by atoms with van der Waals surface area (Å²) < 4.78 is 6.76. The third-order valence-corrected chi connectivity index (χ3v) is 7.19. The molecule has 0 saturated heterocycles. The molecule has 0 radical (unpaired) electrons. The summed E-state index contributed by atoms with van der Waals surface area (Å²) in [5, 5.41) is 0.305. The van der Waals surface area contributed by atoms with Crippen LogP contribution in [0.25, 0.3) is 11.0 Å². The highest BCUT2D eigenvalue weighted by atomic mass is 79.9. The van der Waals surface area contributed by atoms with E-state index in [1.165, 1.54) is 4.90 Å². The molecule has 6 rings (SSSR count). The summed E-state index contributed by atoms with van der Waals surface area (Å²) in [6.45, 7) is 4.17. The largest absolute Gasteiger partial charge is 0.450 e. The molecule has 35 heavy (non-hydrogen) atoms. The summed E-state index contributed by atoms with van der Waals surface area (Å²) in [5.74, 6) is -0.956. The van der Waals surface area contributed by atoms with Gasteiger partial charge in [-0.25, -0.2) is 0 Å². The number of benzene rings is 3. The minimum Gasteiger partial charge on any atom is -0.450 e. The maximum absolute atomic E-state index is 14.3. The summed E-state index contributed by atoms with van der Waals surface area (Å²) in [5.41, 5.74) is 0.382. The van der Waals surface area contributed by atoms with Crippen LogP contribution in [-0.2, 0) is 16.9 Å². The number of carbonyl (C=O) groups is 2. The van der Waals surface area contributed by atoms with Gasteiger partial charge in [0.15, 0.2) is 11.0 Å². The van der Waals surface area contributed by atoms with Crippen molar-refractivity contribution in [3.8, 4) is 0 Å². The van der Waals surface area contributed by atoms with Crippen molar-refractivity contribution >= 4 is 44.4 Å². The van der Waals surface area contributed by atoms with E-state index in [1.54, 1.807) is 35.2 Å². The second-order valence-electron chi connectivity index (χ2n) is 8.58. The van der Waals surface area contributed by atoms with Gasteiger partial charge in [-0.1, -0.05) is 70.5 Å². The molecule has 4 aromatic rings. The number of hydrogen-bond acceptors (Lipinski definition) is 4. The van der Waals surface area contributed by atoms with Gasteiger partial charge in [0.1, 0.15) is 5.58 Å². The molecule has 7 heteroatoms. The lowest BCUT2D eigenvalue weighted by atomic mass is 9.83. The minimum absolute atomic E-state index is 0.0630. The maximum Gasteiger partial charge on any atom is 0.291 e. The van der Waals surface area contributed by atoms with Crippen LogP contribution in [0.5, 0.6) is 0 Å². The van der Waals surface area contributed by atoms with Gasteiger partial charge in [-0.3, -0.25) is 14.4 Å². The predicted molar refractivity (Wildman–Crippen MR) is 136 cm³/mol. The van der Waals surface area contributed by atoms with Gasteiger partial charge in [0.25, 0.3) is 11.8 Å². The molecule has 3 aromatic carbocycles. The van der Waals surface area contributed by atoms with Crippen LogP contribution in [0, 0.1) is 0 Å². The fourth-order valence-corrected chi connectivity index (χ4v) is 5.62. The number of rotatable bonds is 4. The van der Waals surface area contributed by atoms with E-state index < -0.39 is 16.9 Å². The zero-order valence-electron chi connectivity index (χ0n) is 18.5. The average molecular weight is 527 g/mol. The fourth-order valence-electron chi connectivity index (χ4n) is 5.26. The molecule has 3 heterocycles. The second-order valence-corrected chi connectivity index (χ2v) is 9.50. The van der Waals surface area contributed by atoms with Crippen LogP contribution in [0.15, 0.2) is 99.1 Å². The summed E-state index contributed by atoms with van der Waals surface area (Å²) in [4.78, 5) is 45.4. The third-order valence-electron chi connectivity index (χ3n) is 6.69. The molecule has 0 N–H and O–H groups in total. The number of anilines is 1. The standard InChI is InChI=1S/C28H19BrN2O4/c1-2-14-30-21-11-7-6-10-20(21)28(27(30)34)23-24(32)19-15-18(29)12-13-22(19)35-25(23)26(33)31(28)16-17-8-4-3-5-9-17/h2-13,15H,1,14,16H2. The average Bonchev–Trinajstić information content (AvgIpc) is 3.26. The van der Waals surface area contributed by atoms with Crippen LogP contribution >= 0.6 is 15.9 Å². The highest BCUT2D eigenvalue weighted by Crippen LogP contribution is 2.53. The second kappa shape index (κ2) is 7.78. The number of fused-ring (bicyclic) bond motifs is 5. The van der Waals surface area contributed by atoms with Crippen molar-refractivity contribution in [2.24, 2.45) is 0 Å². The molecular formula is C28H19BrN2O4. The van der Waals surface area contributed by atoms with Gasteiger partial charge in [-0.2, -0.15) is 0 Å². The fraction of sp³-hybridized carbons (Fsp3) is 0.107. The molecule has 6 nitrogen and oxygen atoms in total. The quantitative estimate of drug-likeness (QED) is 0.351. The molecule has 1 aromatic heterocycles. The Morgan fingerprint density at radius 3 is 2.49 bits per heavy atom. The lowest BCUT2D eigenvalue weighted by Gasteiger charge is -2.34. The zero-order valence-corrected chi connectivity index (χ0v) is 20.1. The van der Waals surface area contributed by atoms with E-state index in [2.05, 4.69) is 22.5 Å². The SMILES string of the molecule is C=CCN1C(=O)C2(c3ccccc31)c1c(oc3ccc(Br)cc3c1=O)C(=O)N2Cc1ccccc1. The van der Waals surface area contributed by atoms with Crippen LogP contribution in [0.2, 0.25) is 0 Å². The monoisotopic (exact) mass is 526 g/mol. The van der Waals surface area contributed by atoms with Gasteiger partial charge >= 0.3 is 0 Å². The first-order chi connectivity index (χ1) is 17.0. The molecule has 2 aliphatic rings. The Hall–Kier alpha value is -3.97. The van der Waals surface area contributed by atoms with Crippen LogP contribution in [0.3, 0.4) is 0 Å². The van der Waals surface area contributed by atoms with E-state index in [1.807, 2.05) is 48.5 Å². The van der Waals surface area contributed by atoms with Crippen molar-refractivity contribution in [2.75, 3.05) is 11.4 Å². The normalized spacial score (nSPS) is 18.4. The molecule has 0 bridgehead atoms. The summed E-state index contributed by atoms with van der Waals surface area (Å²) in [6.07, 6.45) is 1.63. The van der Waals surface area contributed by atoms with Gasteiger partial charge in [-0.15, -0.1) is 6.58 Å². The Labute approximate surface area is 209 Å². The molecule has 2 aliphatic heterocycles. The number of carbonyl (C=O) groups excluding carboxylic acids is 2. The number of amides is 2. The third kappa shape index (κ3) is 2.85. The summed E-state index contributed by atoms with van der Waals surface area (Å²) in [6, 6.07) is 21.7. The van der Waals surface area contributed by atoms with E-state index >= 15 is 0 Å². The Bertz CT molecular complexity index is 1610. The Morgan fingerprint density at radius 1 is 0.971 bits per heavy atom. The molecule has 1 spiro atoms. The van der Waals surface area contributed by atoms with Crippen molar-refractivity contribution in [2.45, 2.75) is 12.1 Å². The highest BCUT2D eigenvalue weighted by molar-refractivity contribution is 9.10. The van der Waals surface area contributed by atoms with E-state index in [0.29, 0.717) is 26.7 Å². The van der Waals surface area contributed by atoms with E-state index in [4.69, 9.17) is 4.42 Å². The lowest BCUT2D eigenvalue weighted by Crippen LogP contribution is -2.53. The molecule has 172 valence electrons. The van der Waals surface area contributed by atoms with E-state index in [0.717, 1.165) is 5.56 Å². The minimum atomic E-state index is -1.64. The van der Waals surface area contributed by atoms with Crippen LogP contribution < -0.4 is 10.3 Å². The Morgan fingerprint density at radius 2 is 1.71 bits per heavy atom.